The minimum absolute atomic E-state index is 0.480. The molecule has 34 heavy (non-hydrogen) atoms. The number of nitrogens with one attached hydrogen (secondary N) is 1. The van der Waals surface area contributed by atoms with Gasteiger partial charge in [-0.3, -0.25) is 0 Å². The summed E-state index contributed by atoms with van der Waals surface area (Å²) in [6, 6.07) is 11.3. The summed E-state index contributed by atoms with van der Waals surface area (Å²) in [6.45, 7) is 8.50. The molecular formula is C31H35ClN2. The highest BCUT2D eigenvalue weighted by molar-refractivity contribution is 6.30. The Labute approximate surface area is 208 Å². The largest absolute Gasteiger partial charge is 0.345 e. The topological polar surface area (TPSA) is 28.7 Å². The molecule has 2 aromatic carbocycles. The van der Waals surface area contributed by atoms with E-state index in [0.29, 0.717) is 5.92 Å². The summed E-state index contributed by atoms with van der Waals surface area (Å²) in [5, 5.41) is 0.847. The smallest absolute Gasteiger partial charge is 0.109 e. The van der Waals surface area contributed by atoms with Crippen LogP contribution in [-0.4, -0.2) is 9.97 Å². The van der Waals surface area contributed by atoms with Crippen LogP contribution in [0.25, 0.3) is 22.4 Å². The molecule has 3 atom stereocenters. The molecule has 3 aliphatic rings. The summed E-state index contributed by atoms with van der Waals surface area (Å²) in [4.78, 5) is 8.89. The summed E-state index contributed by atoms with van der Waals surface area (Å²) >= 11 is 6.39. The first kappa shape index (κ1) is 22.2. The molecule has 0 amide bonds. The molecule has 0 radical (unpaired) electrons. The number of imidazole rings is 1. The molecule has 1 N–H and O–H groups in total. The SMILES string of the molecule is C=CC[C@@H]1C[C@@H]1CC(C)c1nc2c([nH]1)CCc1cc(-c3ccc(Cl)cc3CC3CC3)c(C)cc1-2. The fraction of sp³-hybridized carbons (Fsp3) is 0.452. The van der Waals surface area contributed by atoms with Crippen molar-refractivity contribution in [2.45, 2.75) is 71.1 Å². The molecule has 176 valence electrons. The number of hydrogen-bond acceptors (Lipinski definition) is 1. The van der Waals surface area contributed by atoms with Gasteiger partial charge >= 0.3 is 0 Å². The van der Waals surface area contributed by atoms with E-state index < -0.39 is 0 Å². The van der Waals surface area contributed by atoms with Gasteiger partial charge in [0.25, 0.3) is 0 Å². The van der Waals surface area contributed by atoms with E-state index in [0.717, 1.165) is 48.5 Å². The Hall–Kier alpha value is -2.32. The van der Waals surface area contributed by atoms with Crippen molar-refractivity contribution in [2.75, 3.05) is 0 Å². The quantitative estimate of drug-likeness (QED) is 0.328. The van der Waals surface area contributed by atoms with Gasteiger partial charge < -0.3 is 4.98 Å². The van der Waals surface area contributed by atoms with Crippen LogP contribution in [0.15, 0.2) is 43.0 Å². The molecule has 3 heteroatoms. The zero-order valence-corrected chi connectivity index (χ0v) is 21.2. The Morgan fingerprint density at radius 1 is 1.12 bits per heavy atom. The highest BCUT2D eigenvalue weighted by Gasteiger charge is 2.37. The maximum atomic E-state index is 6.39. The third kappa shape index (κ3) is 4.26. The first-order valence-electron chi connectivity index (χ1n) is 13.1. The second kappa shape index (κ2) is 8.72. The minimum Gasteiger partial charge on any atom is -0.345 e. The lowest BCUT2D eigenvalue weighted by Gasteiger charge is -2.20. The summed E-state index contributed by atoms with van der Waals surface area (Å²) in [5.74, 6) is 4.19. The molecule has 0 spiro atoms. The Bertz CT molecular complexity index is 1250. The molecule has 0 aliphatic heterocycles. The second-order valence-corrected chi connectivity index (χ2v) is 11.6. The number of aryl methyl sites for hydroxylation is 3. The summed E-state index contributed by atoms with van der Waals surface area (Å²) in [5.41, 5.74) is 10.7. The lowest BCUT2D eigenvalue weighted by molar-refractivity contribution is 0.558. The molecule has 0 bridgehead atoms. The zero-order chi connectivity index (χ0) is 23.4. The Balaban J connectivity index is 1.30. The van der Waals surface area contributed by atoms with Crippen LogP contribution in [0.4, 0.5) is 0 Å². The van der Waals surface area contributed by atoms with Gasteiger partial charge in [0.15, 0.2) is 0 Å². The van der Waals surface area contributed by atoms with Crippen molar-refractivity contribution in [1.82, 2.24) is 9.97 Å². The van der Waals surface area contributed by atoms with Crippen LogP contribution in [0.1, 0.15) is 73.2 Å². The van der Waals surface area contributed by atoms with Crippen molar-refractivity contribution in [3.8, 4) is 22.4 Å². The molecule has 3 aromatic rings. The van der Waals surface area contributed by atoms with E-state index in [1.165, 1.54) is 76.3 Å². The standard InChI is InChI=1S/C31H35ClN2/c1-4-5-21-15-23(21)12-19(3)31-33-29-11-8-22-17-27(18(2)13-28(22)30(29)34-31)26-10-9-25(32)16-24(26)14-20-6-7-20/h4,9-10,13,16-17,19-21,23H,1,5-8,11-12,14-15H2,2-3H3,(H,33,34)/t19?,21-,23+/m1/s1. The van der Waals surface area contributed by atoms with Crippen molar-refractivity contribution < 1.29 is 0 Å². The van der Waals surface area contributed by atoms with Crippen LogP contribution in [0.3, 0.4) is 0 Å². The second-order valence-electron chi connectivity index (χ2n) is 11.1. The molecule has 2 nitrogen and oxygen atoms in total. The molecule has 2 fully saturated rings. The van der Waals surface area contributed by atoms with Crippen molar-refractivity contribution >= 4 is 11.6 Å². The first-order chi connectivity index (χ1) is 16.5. The van der Waals surface area contributed by atoms with Gasteiger partial charge in [-0.05, 0) is 122 Å². The maximum Gasteiger partial charge on any atom is 0.109 e. The highest BCUT2D eigenvalue weighted by atomic mass is 35.5. The van der Waals surface area contributed by atoms with Crippen LogP contribution in [0.5, 0.6) is 0 Å². The van der Waals surface area contributed by atoms with Crippen LogP contribution >= 0.6 is 11.6 Å². The third-order valence-corrected chi connectivity index (χ3v) is 8.61. The van der Waals surface area contributed by atoms with E-state index in [-0.39, 0.29) is 0 Å². The number of H-pyrrole nitrogens is 1. The van der Waals surface area contributed by atoms with Gasteiger partial charge in [0.2, 0.25) is 0 Å². The van der Waals surface area contributed by atoms with Gasteiger partial charge in [-0.15, -0.1) is 6.58 Å². The first-order valence-corrected chi connectivity index (χ1v) is 13.5. The highest BCUT2D eigenvalue weighted by Crippen LogP contribution is 2.47. The molecule has 1 heterocycles. The molecule has 3 aliphatic carbocycles. The Morgan fingerprint density at radius 3 is 2.76 bits per heavy atom. The number of rotatable bonds is 8. The van der Waals surface area contributed by atoms with Gasteiger partial charge in [0, 0.05) is 22.2 Å². The number of aromatic nitrogens is 2. The predicted molar refractivity (Wildman–Crippen MR) is 142 cm³/mol. The minimum atomic E-state index is 0.480. The number of nitrogens with zero attached hydrogens (tertiary/aromatic N) is 1. The van der Waals surface area contributed by atoms with Gasteiger partial charge in [0.1, 0.15) is 5.82 Å². The van der Waals surface area contributed by atoms with Crippen LogP contribution in [0, 0.1) is 24.7 Å². The fourth-order valence-corrected chi connectivity index (χ4v) is 6.29. The average molecular weight is 471 g/mol. The van der Waals surface area contributed by atoms with E-state index in [1.807, 2.05) is 6.07 Å². The predicted octanol–water partition coefficient (Wildman–Crippen LogP) is 8.46. The van der Waals surface area contributed by atoms with Gasteiger partial charge in [0.05, 0.1) is 5.69 Å². The van der Waals surface area contributed by atoms with Gasteiger partial charge in [-0.1, -0.05) is 36.7 Å². The van der Waals surface area contributed by atoms with E-state index in [2.05, 4.69) is 55.8 Å². The summed E-state index contributed by atoms with van der Waals surface area (Å²) < 4.78 is 0. The van der Waals surface area contributed by atoms with E-state index >= 15 is 0 Å². The monoisotopic (exact) mass is 470 g/mol. The van der Waals surface area contributed by atoms with Crippen molar-refractivity contribution in [1.29, 1.82) is 0 Å². The van der Waals surface area contributed by atoms with Crippen LogP contribution in [0.2, 0.25) is 5.02 Å². The molecular weight excluding hydrogens is 436 g/mol. The number of benzene rings is 2. The van der Waals surface area contributed by atoms with Crippen LogP contribution in [-0.2, 0) is 19.3 Å². The van der Waals surface area contributed by atoms with Gasteiger partial charge in [-0.2, -0.15) is 0 Å². The van der Waals surface area contributed by atoms with Crippen LogP contribution < -0.4 is 0 Å². The normalized spacial score (nSPS) is 21.6. The zero-order valence-electron chi connectivity index (χ0n) is 20.5. The molecule has 0 saturated heterocycles. The number of halogens is 1. The number of hydrogen-bond donors (Lipinski definition) is 1. The number of allylic oxidation sites excluding steroid dienone is 1. The van der Waals surface area contributed by atoms with Crippen molar-refractivity contribution in [3.05, 3.63) is 76.2 Å². The molecule has 1 unspecified atom stereocenters. The Morgan fingerprint density at radius 2 is 1.97 bits per heavy atom. The van der Waals surface area contributed by atoms with Gasteiger partial charge in [-0.25, -0.2) is 4.98 Å². The Kier molecular flexibility index (Phi) is 5.68. The maximum absolute atomic E-state index is 6.39. The van der Waals surface area contributed by atoms with E-state index in [4.69, 9.17) is 16.6 Å². The molecule has 2 saturated carbocycles. The van der Waals surface area contributed by atoms with Crippen molar-refractivity contribution in [2.24, 2.45) is 17.8 Å². The van der Waals surface area contributed by atoms with E-state index in [9.17, 15) is 0 Å². The lowest BCUT2D eigenvalue weighted by Crippen LogP contribution is -2.05. The number of fused-ring (bicyclic) bond motifs is 3. The lowest BCUT2D eigenvalue weighted by atomic mass is 9.85. The third-order valence-electron chi connectivity index (χ3n) is 8.37. The van der Waals surface area contributed by atoms with Crippen molar-refractivity contribution in [3.63, 3.8) is 0 Å². The number of aromatic amines is 1. The average Bonchev–Trinajstić information content (AvgIpc) is 3.72. The summed E-state index contributed by atoms with van der Waals surface area (Å²) in [7, 11) is 0. The molecule has 1 aromatic heterocycles. The summed E-state index contributed by atoms with van der Waals surface area (Å²) in [6.07, 6.45) is 11.8. The van der Waals surface area contributed by atoms with E-state index in [1.54, 1.807) is 0 Å². The molecule has 6 rings (SSSR count). The fourth-order valence-electron chi connectivity index (χ4n) is 6.09.